The van der Waals surface area contributed by atoms with Gasteiger partial charge in [0.1, 0.15) is 13.2 Å². The minimum atomic E-state index is -0.0403. The van der Waals surface area contributed by atoms with Crippen LogP contribution in [0.4, 0.5) is 0 Å². The molecule has 1 unspecified atom stereocenters. The minimum absolute atomic E-state index is 0.0403. The maximum Gasteiger partial charge on any atom is 0.166 e. The van der Waals surface area contributed by atoms with E-state index in [1.165, 1.54) is 31.2 Å². The van der Waals surface area contributed by atoms with E-state index in [1.54, 1.807) is 0 Å². The van der Waals surface area contributed by atoms with Crippen molar-refractivity contribution in [1.29, 1.82) is 0 Å². The van der Waals surface area contributed by atoms with Gasteiger partial charge in [-0.1, -0.05) is 75.6 Å². The monoisotopic (exact) mass is 473 g/mol. The number of carbonyl (C=O) groups is 1. The third-order valence-electron chi connectivity index (χ3n) is 7.16. The lowest BCUT2D eigenvalue weighted by Crippen LogP contribution is -2.23. The molecule has 0 aromatic heterocycles. The molecule has 0 spiro atoms. The zero-order valence-corrected chi connectivity index (χ0v) is 21.3. The number of hydrogen-bond acceptors (Lipinski definition) is 4. The molecule has 0 N–H and O–H groups in total. The number of carbonyl (C=O) groups excluding carboxylic acids is 1. The molecule has 1 atom stereocenters. The molecule has 3 aromatic carbocycles. The van der Waals surface area contributed by atoms with Crippen LogP contribution in [0.5, 0.6) is 11.5 Å². The highest BCUT2D eigenvalue weighted by atomic mass is 16.6. The fourth-order valence-electron chi connectivity index (χ4n) is 5.02. The average molecular weight is 474 g/mol. The first kappa shape index (κ1) is 25.2. The summed E-state index contributed by atoms with van der Waals surface area (Å²) in [5, 5.41) is 2.29. The molecular formula is C31H39NO3. The Morgan fingerprint density at radius 1 is 0.829 bits per heavy atom. The van der Waals surface area contributed by atoms with Crippen LogP contribution in [0, 0.1) is 5.92 Å². The second-order valence-corrected chi connectivity index (χ2v) is 9.54. The predicted octanol–water partition coefficient (Wildman–Crippen LogP) is 6.94. The molecule has 0 saturated carbocycles. The van der Waals surface area contributed by atoms with Gasteiger partial charge >= 0.3 is 0 Å². The fraction of sp³-hybridized carbons (Fsp3) is 0.452. The third-order valence-corrected chi connectivity index (χ3v) is 7.16. The number of nitrogens with zero attached hydrogens (tertiary/aromatic N) is 1. The van der Waals surface area contributed by atoms with E-state index in [2.05, 4.69) is 55.1 Å². The summed E-state index contributed by atoms with van der Waals surface area (Å²) in [6, 6.07) is 20.5. The van der Waals surface area contributed by atoms with Gasteiger partial charge in [-0.15, -0.1) is 0 Å². The predicted molar refractivity (Wildman–Crippen MR) is 144 cm³/mol. The van der Waals surface area contributed by atoms with Crippen LogP contribution in [0.25, 0.3) is 10.8 Å². The Labute approximate surface area is 210 Å². The third kappa shape index (κ3) is 6.85. The minimum Gasteiger partial charge on any atom is -0.486 e. The number of ether oxygens (including phenoxy) is 2. The van der Waals surface area contributed by atoms with Gasteiger partial charge in [0, 0.05) is 11.5 Å². The molecule has 186 valence electrons. The van der Waals surface area contributed by atoms with E-state index in [1.807, 2.05) is 24.3 Å². The van der Waals surface area contributed by atoms with Crippen LogP contribution in [0.2, 0.25) is 0 Å². The number of hydrogen-bond donors (Lipinski definition) is 0. The molecular weight excluding hydrogens is 434 g/mol. The van der Waals surface area contributed by atoms with E-state index >= 15 is 0 Å². The molecule has 4 rings (SSSR count). The van der Waals surface area contributed by atoms with Crippen LogP contribution in [0.3, 0.4) is 0 Å². The number of benzene rings is 3. The lowest BCUT2D eigenvalue weighted by Gasteiger charge is -2.21. The quantitative estimate of drug-likeness (QED) is 0.199. The van der Waals surface area contributed by atoms with Crippen LogP contribution >= 0.6 is 0 Å². The Kier molecular flexibility index (Phi) is 9.19. The first-order valence-electron chi connectivity index (χ1n) is 13.3. The highest BCUT2D eigenvalue weighted by Gasteiger charge is 2.22. The Hall–Kier alpha value is -2.85. The molecule has 0 bridgehead atoms. The Bertz CT molecular complexity index is 1110. The molecule has 35 heavy (non-hydrogen) atoms. The fourth-order valence-corrected chi connectivity index (χ4v) is 5.02. The first-order valence-corrected chi connectivity index (χ1v) is 13.3. The molecule has 1 aliphatic rings. The molecule has 4 nitrogen and oxygen atoms in total. The van der Waals surface area contributed by atoms with Crippen molar-refractivity contribution in [2.75, 3.05) is 32.8 Å². The van der Waals surface area contributed by atoms with Gasteiger partial charge in [0.05, 0.1) is 0 Å². The topological polar surface area (TPSA) is 38.8 Å². The van der Waals surface area contributed by atoms with Crippen molar-refractivity contribution in [3.63, 3.8) is 0 Å². The lowest BCUT2D eigenvalue weighted by atomic mass is 9.86. The normalized spacial score (nSPS) is 13.8. The molecule has 0 aliphatic carbocycles. The van der Waals surface area contributed by atoms with Crippen LogP contribution in [-0.2, 0) is 6.42 Å². The number of fused-ring (bicyclic) bond motifs is 2. The summed E-state index contributed by atoms with van der Waals surface area (Å²) in [7, 11) is 0. The summed E-state index contributed by atoms with van der Waals surface area (Å²) in [5.41, 5.74) is 1.95. The summed E-state index contributed by atoms with van der Waals surface area (Å²) in [4.78, 5) is 16.2. The average Bonchev–Trinajstić information content (AvgIpc) is 2.91. The van der Waals surface area contributed by atoms with Gasteiger partial charge in [-0.2, -0.15) is 0 Å². The lowest BCUT2D eigenvalue weighted by molar-refractivity contribution is 0.0910. The van der Waals surface area contributed by atoms with Crippen LogP contribution in [0.15, 0.2) is 60.7 Å². The SMILES string of the molecule is CCN(CC)CCCCCCC(Cc1ccc2c(c1)OCCO2)C(=O)c1ccc2ccccc2c1. The van der Waals surface area contributed by atoms with Gasteiger partial charge < -0.3 is 14.4 Å². The van der Waals surface area contributed by atoms with E-state index in [4.69, 9.17) is 9.47 Å². The van der Waals surface area contributed by atoms with Crippen molar-refractivity contribution in [2.24, 2.45) is 5.92 Å². The van der Waals surface area contributed by atoms with Crippen molar-refractivity contribution in [2.45, 2.75) is 52.4 Å². The van der Waals surface area contributed by atoms with Crippen LogP contribution in [0.1, 0.15) is 61.9 Å². The number of Topliss-reactive ketones (excluding diaryl/α,β-unsaturated/α-hetero) is 1. The van der Waals surface area contributed by atoms with Gasteiger partial charge in [0.2, 0.25) is 0 Å². The summed E-state index contributed by atoms with van der Waals surface area (Å²) in [6.07, 6.45) is 6.33. The summed E-state index contributed by atoms with van der Waals surface area (Å²) in [6.45, 7) is 9.02. The molecule has 0 fully saturated rings. The summed E-state index contributed by atoms with van der Waals surface area (Å²) >= 11 is 0. The van der Waals surface area contributed by atoms with Crippen molar-refractivity contribution < 1.29 is 14.3 Å². The maximum absolute atomic E-state index is 13.7. The Morgan fingerprint density at radius 2 is 1.57 bits per heavy atom. The van der Waals surface area contributed by atoms with E-state index in [-0.39, 0.29) is 11.7 Å². The molecule has 3 aromatic rings. The molecule has 1 heterocycles. The van der Waals surface area contributed by atoms with Gasteiger partial charge in [-0.25, -0.2) is 0 Å². The molecule has 0 radical (unpaired) electrons. The van der Waals surface area contributed by atoms with Crippen molar-refractivity contribution in [3.05, 3.63) is 71.8 Å². The van der Waals surface area contributed by atoms with Gasteiger partial charge in [0.15, 0.2) is 17.3 Å². The van der Waals surface area contributed by atoms with Gasteiger partial charge in [0.25, 0.3) is 0 Å². The molecule has 0 amide bonds. The summed E-state index contributed by atoms with van der Waals surface area (Å²) in [5.74, 6) is 1.79. The zero-order chi connectivity index (χ0) is 24.5. The number of unbranched alkanes of at least 4 members (excludes halogenated alkanes) is 3. The van der Waals surface area contributed by atoms with E-state index in [0.29, 0.717) is 13.2 Å². The number of rotatable bonds is 13. The largest absolute Gasteiger partial charge is 0.486 e. The van der Waals surface area contributed by atoms with Gasteiger partial charge in [-0.05, 0) is 73.4 Å². The summed E-state index contributed by atoms with van der Waals surface area (Å²) < 4.78 is 11.5. The second kappa shape index (κ2) is 12.7. The smallest absolute Gasteiger partial charge is 0.166 e. The number of ketones is 1. The highest BCUT2D eigenvalue weighted by Crippen LogP contribution is 2.32. The van der Waals surface area contributed by atoms with Crippen molar-refractivity contribution in [3.8, 4) is 11.5 Å². The first-order chi connectivity index (χ1) is 17.2. The second-order valence-electron chi connectivity index (χ2n) is 9.54. The Morgan fingerprint density at radius 3 is 2.37 bits per heavy atom. The van der Waals surface area contributed by atoms with Crippen LogP contribution < -0.4 is 9.47 Å². The zero-order valence-electron chi connectivity index (χ0n) is 21.3. The highest BCUT2D eigenvalue weighted by molar-refractivity contribution is 6.01. The molecule has 0 saturated heterocycles. The standard InChI is InChI=1S/C31H39NO3/c1-3-32(4-2)18-10-6-5-7-13-27(21-24-14-17-29-30(22-24)35-20-19-34-29)31(33)28-16-15-25-11-8-9-12-26(25)23-28/h8-9,11-12,14-17,22-23,27H,3-7,10,13,18-21H2,1-2H3. The molecule has 4 heteroatoms. The van der Waals surface area contributed by atoms with E-state index in [9.17, 15) is 4.79 Å². The van der Waals surface area contributed by atoms with Crippen LogP contribution in [-0.4, -0.2) is 43.5 Å². The molecule has 1 aliphatic heterocycles. The maximum atomic E-state index is 13.7. The van der Waals surface area contributed by atoms with Crippen molar-refractivity contribution in [1.82, 2.24) is 4.90 Å². The Balaban J connectivity index is 1.43. The van der Waals surface area contributed by atoms with E-state index < -0.39 is 0 Å². The van der Waals surface area contributed by atoms with Gasteiger partial charge in [-0.3, -0.25) is 4.79 Å². The van der Waals surface area contributed by atoms with Crippen molar-refractivity contribution >= 4 is 16.6 Å². The van der Waals surface area contributed by atoms with E-state index in [0.717, 1.165) is 60.4 Å².